The van der Waals surface area contributed by atoms with Crippen molar-refractivity contribution in [2.45, 2.75) is 24.8 Å². The minimum atomic E-state index is -5.45. The quantitative estimate of drug-likeness (QED) is 0.759. The van der Waals surface area contributed by atoms with E-state index in [4.69, 9.17) is 0 Å². The molecule has 120 valence electrons. The summed E-state index contributed by atoms with van der Waals surface area (Å²) in [5.41, 5.74) is 0.0212. The van der Waals surface area contributed by atoms with Gasteiger partial charge in [0.15, 0.2) is 5.92 Å². The Morgan fingerprint density at radius 2 is 1.62 bits per heavy atom. The van der Waals surface area contributed by atoms with Crippen LogP contribution in [0.4, 0.5) is 30.7 Å². The molecule has 0 amide bonds. The van der Waals surface area contributed by atoms with E-state index in [-0.39, 0.29) is 10.0 Å². The van der Waals surface area contributed by atoms with Gasteiger partial charge in [-0.05, 0) is 41.0 Å². The van der Waals surface area contributed by atoms with Crippen LogP contribution in [0, 0.1) is 11.7 Å². The number of benzene rings is 1. The molecule has 0 heterocycles. The lowest BCUT2D eigenvalue weighted by Gasteiger charge is -2.30. The molecule has 1 nitrogen and oxygen atoms in total. The Labute approximate surface area is 124 Å². The van der Waals surface area contributed by atoms with Gasteiger partial charge in [-0.15, -0.1) is 0 Å². The fourth-order valence-electron chi connectivity index (χ4n) is 1.97. The molecule has 0 fully saturated rings. The van der Waals surface area contributed by atoms with Gasteiger partial charge < -0.3 is 5.32 Å². The average molecular weight is 382 g/mol. The molecule has 9 heteroatoms. The molecule has 0 aliphatic carbocycles. The molecule has 1 aromatic rings. The molecule has 0 saturated heterocycles. The lowest BCUT2D eigenvalue weighted by Crippen LogP contribution is -2.51. The maximum absolute atomic E-state index is 13.3. The minimum absolute atomic E-state index is 0.0212. The highest BCUT2D eigenvalue weighted by Gasteiger charge is 2.59. The van der Waals surface area contributed by atoms with E-state index in [9.17, 15) is 30.7 Å². The summed E-state index contributed by atoms with van der Waals surface area (Å²) >= 11 is 2.82. The predicted molar refractivity (Wildman–Crippen MR) is 66.3 cm³/mol. The van der Waals surface area contributed by atoms with Crippen molar-refractivity contribution in [1.82, 2.24) is 5.32 Å². The highest BCUT2D eigenvalue weighted by molar-refractivity contribution is 9.10. The van der Waals surface area contributed by atoms with Gasteiger partial charge in [0, 0.05) is 6.04 Å². The number of alkyl halides is 6. The Kier molecular flexibility index (Phi) is 5.65. The van der Waals surface area contributed by atoms with Crippen LogP contribution in [-0.2, 0) is 6.42 Å². The maximum Gasteiger partial charge on any atom is 0.402 e. The number of hydrogen-bond acceptors (Lipinski definition) is 1. The van der Waals surface area contributed by atoms with E-state index in [0.717, 1.165) is 13.1 Å². The first-order valence-electron chi connectivity index (χ1n) is 5.72. The number of rotatable bonds is 4. The van der Waals surface area contributed by atoms with Gasteiger partial charge in [0.1, 0.15) is 5.82 Å². The summed E-state index contributed by atoms with van der Waals surface area (Å²) in [6, 6.07) is 1.58. The van der Waals surface area contributed by atoms with Crippen LogP contribution in [0.15, 0.2) is 22.7 Å². The first kappa shape index (κ1) is 18.2. The van der Waals surface area contributed by atoms with Gasteiger partial charge in [-0.25, -0.2) is 4.39 Å². The van der Waals surface area contributed by atoms with Crippen molar-refractivity contribution in [3.63, 3.8) is 0 Å². The SMILES string of the molecule is CNC(Cc1cccc(F)c1Br)C(C(F)(F)F)C(F)(F)F. The van der Waals surface area contributed by atoms with Crippen molar-refractivity contribution >= 4 is 15.9 Å². The summed E-state index contributed by atoms with van der Waals surface area (Å²) in [6.07, 6.45) is -11.5. The van der Waals surface area contributed by atoms with Crippen LogP contribution in [-0.4, -0.2) is 25.4 Å². The molecular weight excluding hydrogens is 371 g/mol. The Hall–Kier alpha value is -0.830. The predicted octanol–water partition coefficient (Wildman–Crippen LogP) is 4.46. The average Bonchev–Trinajstić information content (AvgIpc) is 2.30. The van der Waals surface area contributed by atoms with Crippen LogP contribution in [0.1, 0.15) is 5.56 Å². The molecule has 0 bridgehead atoms. The maximum atomic E-state index is 13.3. The second kappa shape index (κ2) is 6.51. The van der Waals surface area contributed by atoms with Crippen molar-refractivity contribution in [2.24, 2.45) is 5.92 Å². The topological polar surface area (TPSA) is 12.0 Å². The molecule has 1 unspecified atom stereocenters. The second-order valence-electron chi connectivity index (χ2n) is 4.37. The van der Waals surface area contributed by atoms with Crippen LogP contribution in [0.5, 0.6) is 0 Å². The van der Waals surface area contributed by atoms with E-state index in [1.54, 1.807) is 0 Å². The third kappa shape index (κ3) is 4.57. The summed E-state index contributed by atoms with van der Waals surface area (Å²) < 4.78 is 89.3. The molecule has 0 aliphatic rings. The summed E-state index contributed by atoms with van der Waals surface area (Å²) in [6.45, 7) is 0. The molecule has 0 saturated carbocycles. The van der Waals surface area contributed by atoms with Crippen LogP contribution in [0.25, 0.3) is 0 Å². The number of nitrogens with one attached hydrogen (secondary N) is 1. The molecular formula is C12H11BrF7N. The summed E-state index contributed by atoms with van der Waals surface area (Å²) in [4.78, 5) is 0. The molecule has 0 spiro atoms. The molecule has 0 aromatic heterocycles. The molecule has 1 aromatic carbocycles. The molecule has 1 atom stereocenters. The summed E-state index contributed by atoms with van der Waals surface area (Å²) in [7, 11) is 1.00. The highest BCUT2D eigenvalue weighted by atomic mass is 79.9. The Morgan fingerprint density at radius 3 is 2.05 bits per heavy atom. The molecule has 1 rings (SSSR count). The fourth-order valence-corrected chi connectivity index (χ4v) is 2.40. The normalized spacial score (nSPS) is 14.6. The monoisotopic (exact) mass is 381 g/mol. The Bertz CT molecular complexity index is 469. The second-order valence-corrected chi connectivity index (χ2v) is 5.17. The number of hydrogen-bond donors (Lipinski definition) is 1. The van der Waals surface area contributed by atoms with Crippen LogP contribution >= 0.6 is 15.9 Å². The van der Waals surface area contributed by atoms with Crippen molar-refractivity contribution in [2.75, 3.05) is 7.05 Å². The smallest absolute Gasteiger partial charge is 0.316 e. The fraction of sp³-hybridized carbons (Fsp3) is 0.500. The summed E-state index contributed by atoms with van der Waals surface area (Å²) in [5.74, 6) is -4.29. The van der Waals surface area contributed by atoms with Gasteiger partial charge in [-0.1, -0.05) is 12.1 Å². The highest BCUT2D eigenvalue weighted by Crippen LogP contribution is 2.42. The number of likely N-dealkylation sites (N-methyl/N-ethyl adjacent to an activating group) is 1. The van der Waals surface area contributed by atoms with Gasteiger partial charge in [0.2, 0.25) is 0 Å². The van der Waals surface area contributed by atoms with Crippen LogP contribution in [0.3, 0.4) is 0 Å². The first-order valence-corrected chi connectivity index (χ1v) is 6.51. The van der Waals surface area contributed by atoms with E-state index in [1.165, 1.54) is 12.1 Å². The van der Waals surface area contributed by atoms with Crippen LogP contribution < -0.4 is 5.32 Å². The minimum Gasteiger partial charge on any atom is -0.316 e. The molecule has 21 heavy (non-hydrogen) atoms. The zero-order valence-corrected chi connectivity index (χ0v) is 12.2. The third-order valence-corrected chi connectivity index (χ3v) is 3.84. The Balaban J connectivity index is 3.14. The van der Waals surface area contributed by atoms with Crippen LogP contribution in [0.2, 0.25) is 0 Å². The van der Waals surface area contributed by atoms with E-state index >= 15 is 0 Å². The zero-order chi connectivity index (χ0) is 16.4. The largest absolute Gasteiger partial charge is 0.402 e. The first-order chi connectivity index (χ1) is 9.48. The lowest BCUT2D eigenvalue weighted by atomic mass is 9.92. The van der Waals surface area contributed by atoms with Gasteiger partial charge in [-0.2, -0.15) is 26.3 Å². The van der Waals surface area contributed by atoms with Crippen molar-refractivity contribution in [1.29, 1.82) is 0 Å². The number of halogens is 8. The van der Waals surface area contributed by atoms with Crippen molar-refractivity contribution < 1.29 is 30.7 Å². The van der Waals surface area contributed by atoms with E-state index in [2.05, 4.69) is 15.9 Å². The van der Waals surface area contributed by atoms with E-state index in [0.29, 0.717) is 0 Å². The third-order valence-electron chi connectivity index (χ3n) is 2.95. The van der Waals surface area contributed by atoms with Gasteiger partial charge >= 0.3 is 12.4 Å². The molecule has 1 N–H and O–H groups in total. The van der Waals surface area contributed by atoms with Gasteiger partial charge in [0.25, 0.3) is 0 Å². The lowest BCUT2D eigenvalue weighted by molar-refractivity contribution is -0.291. The van der Waals surface area contributed by atoms with Crippen molar-refractivity contribution in [3.8, 4) is 0 Å². The zero-order valence-electron chi connectivity index (χ0n) is 10.6. The van der Waals surface area contributed by atoms with E-state index in [1.807, 2.05) is 5.32 Å². The summed E-state index contributed by atoms with van der Waals surface area (Å²) in [5, 5.41) is 2.03. The standard InChI is InChI=1S/C12H11BrF7N/c1-21-8(10(11(15,16)17)12(18,19)20)5-6-3-2-4-7(14)9(6)13/h2-4,8,10,21H,5H2,1H3. The molecule has 0 aliphatic heterocycles. The Morgan fingerprint density at radius 1 is 1.10 bits per heavy atom. The van der Waals surface area contributed by atoms with Crippen molar-refractivity contribution in [3.05, 3.63) is 34.1 Å². The van der Waals surface area contributed by atoms with Gasteiger partial charge in [-0.3, -0.25) is 0 Å². The molecule has 0 radical (unpaired) electrons. The van der Waals surface area contributed by atoms with Gasteiger partial charge in [0.05, 0.1) is 4.47 Å². The van der Waals surface area contributed by atoms with E-state index < -0.39 is 36.6 Å².